The Labute approximate surface area is 145 Å². The summed E-state index contributed by atoms with van der Waals surface area (Å²) in [5.41, 5.74) is 11.4. The van der Waals surface area contributed by atoms with Gasteiger partial charge in [0.25, 0.3) is 0 Å². The zero-order chi connectivity index (χ0) is 17.4. The molecule has 3 N–H and O–H groups in total. The summed E-state index contributed by atoms with van der Waals surface area (Å²) < 4.78 is 1.96. The lowest BCUT2D eigenvalue weighted by Crippen LogP contribution is -2.19. The van der Waals surface area contributed by atoms with E-state index >= 15 is 0 Å². The van der Waals surface area contributed by atoms with E-state index < -0.39 is 0 Å². The van der Waals surface area contributed by atoms with Crippen LogP contribution in [0.5, 0.6) is 0 Å². The molecule has 2 aromatic heterocycles. The Bertz CT molecular complexity index is 1060. The van der Waals surface area contributed by atoms with Crippen molar-refractivity contribution in [1.82, 2.24) is 14.5 Å². The summed E-state index contributed by atoms with van der Waals surface area (Å²) in [5.74, 6) is -0.358. The number of nitrogens with two attached hydrogens (primary N) is 1. The molecule has 2 aromatic carbocycles. The van der Waals surface area contributed by atoms with Gasteiger partial charge in [-0.1, -0.05) is 48.5 Å². The molecule has 4 aromatic rings. The van der Waals surface area contributed by atoms with Crippen molar-refractivity contribution < 1.29 is 4.79 Å². The first kappa shape index (κ1) is 15.2. The monoisotopic (exact) mass is 330 g/mol. The Balaban J connectivity index is 1.99. The molecule has 0 aliphatic heterocycles. The molecular weight excluding hydrogens is 312 g/mol. The molecule has 124 valence electrons. The fourth-order valence-electron chi connectivity index (χ4n) is 3.41. The molecule has 0 bridgehead atoms. The number of carbonyl (C=O) groups is 1. The topological polar surface area (TPSA) is 76.7 Å². The van der Waals surface area contributed by atoms with Gasteiger partial charge in [-0.3, -0.25) is 4.79 Å². The minimum absolute atomic E-state index is 0.154. The number of para-hydroxylation sites is 1. The third kappa shape index (κ3) is 2.50. The smallest absolute Gasteiger partial charge is 0.237 e. The summed E-state index contributed by atoms with van der Waals surface area (Å²) in [6, 6.07) is 18.1. The summed E-state index contributed by atoms with van der Waals surface area (Å²) in [6.45, 7) is 2.16. The number of benzene rings is 2. The zero-order valence-electron chi connectivity index (χ0n) is 13.9. The number of aromatic amines is 1. The van der Waals surface area contributed by atoms with Crippen LogP contribution in [0, 0.1) is 6.92 Å². The minimum atomic E-state index is -0.358. The van der Waals surface area contributed by atoms with Crippen LogP contribution in [0.2, 0.25) is 0 Å². The number of amides is 1. The van der Waals surface area contributed by atoms with Gasteiger partial charge in [0.15, 0.2) is 0 Å². The van der Waals surface area contributed by atoms with Crippen molar-refractivity contribution in [2.45, 2.75) is 13.5 Å². The molecule has 0 radical (unpaired) electrons. The van der Waals surface area contributed by atoms with Crippen LogP contribution in [0.1, 0.15) is 5.69 Å². The van der Waals surface area contributed by atoms with Crippen molar-refractivity contribution in [2.75, 3.05) is 0 Å². The number of hydrogen-bond donors (Lipinski definition) is 2. The summed E-state index contributed by atoms with van der Waals surface area (Å²) >= 11 is 0. The van der Waals surface area contributed by atoms with Crippen molar-refractivity contribution in [3.8, 4) is 22.5 Å². The molecule has 5 heteroatoms. The van der Waals surface area contributed by atoms with E-state index in [0.29, 0.717) is 0 Å². The molecule has 0 aliphatic carbocycles. The average Bonchev–Trinajstić information content (AvgIpc) is 3.19. The number of hydrogen-bond acceptors (Lipinski definition) is 2. The van der Waals surface area contributed by atoms with Gasteiger partial charge in [0, 0.05) is 27.7 Å². The number of primary amides is 1. The molecule has 0 fully saturated rings. The molecule has 4 rings (SSSR count). The summed E-state index contributed by atoms with van der Waals surface area (Å²) in [5, 5.41) is 1.07. The number of carbonyl (C=O) groups excluding carboxylic acids is 1. The highest BCUT2D eigenvalue weighted by Crippen LogP contribution is 2.37. The summed E-state index contributed by atoms with van der Waals surface area (Å²) in [7, 11) is 0. The first-order valence-corrected chi connectivity index (χ1v) is 8.12. The highest BCUT2D eigenvalue weighted by Gasteiger charge is 2.20. The number of nitrogens with one attached hydrogen (secondary N) is 1. The fourth-order valence-corrected chi connectivity index (χ4v) is 3.41. The number of imidazole rings is 1. The second kappa shape index (κ2) is 5.94. The summed E-state index contributed by atoms with van der Waals surface area (Å²) in [6.07, 6.45) is 1.71. The lowest BCUT2D eigenvalue weighted by Gasteiger charge is -2.07. The third-order valence-electron chi connectivity index (χ3n) is 4.48. The van der Waals surface area contributed by atoms with Gasteiger partial charge >= 0.3 is 0 Å². The number of nitrogens with zero attached hydrogens (tertiary/aromatic N) is 2. The van der Waals surface area contributed by atoms with Gasteiger partial charge < -0.3 is 15.3 Å². The van der Waals surface area contributed by atoms with E-state index in [-0.39, 0.29) is 12.5 Å². The molecule has 1 amide bonds. The molecule has 0 saturated heterocycles. The highest BCUT2D eigenvalue weighted by molar-refractivity contribution is 6.00. The second-order valence-electron chi connectivity index (χ2n) is 6.02. The van der Waals surface area contributed by atoms with Gasteiger partial charge in [0.1, 0.15) is 6.54 Å². The maximum atomic E-state index is 11.5. The molecular formula is C20H18N4O. The first-order valence-electron chi connectivity index (χ1n) is 8.12. The molecule has 2 heterocycles. The molecule has 0 unspecified atom stereocenters. The van der Waals surface area contributed by atoms with E-state index in [1.807, 2.05) is 60.0 Å². The molecule has 25 heavy (non-hydrogen) atoms. The van der Waals surface area contributed by atoms with Crippen LogP contribution < -0.4 is 5.73 Å². The molecule has 5 nitrogen and oxygen atoms in total. The van der Waals surface area contributed by atoms with E-state index in [1.54, 1.807) is 6.33 Å². The summed E-state index contributed by atoms with van der Waals surface area (Å²) in [4.78, 5) is 19.3. The number of aromatic nitrogens is 3. The van der Waals surface area contributed by atoms with Crippen LogP contribution in [0.4, 0.5) is 0 Å². The van der Waals surface area contributed by atoms with Crippen LogP contribution in [0.3, 0.4) is 0 Å². The van der Waals surface area contributed by atoms with Gasteiger partial charge in [-0.15, -0.1) is 0 Å². The minimum Gasteiger partial charge on any atom is -0.368 e. The molecule has 0 atom stereocenters. The number of fused-ring (bicyclic) bond motifs is 1. The Morgan fingerprint density at radius 2 is 1.84 bits per heavy atom. The van der Waals surface area contributed by atoms with E-state index in [2.05, 4.69) is 16.0 Å². The highest BCUT2D eigenvalue weighted by atomic mass is 16.1. The van der Waals surface area contributed by atoms with Crippen molar-refractivity contribution in [2.24, 2.45) is 5.73 Å². The van der Waals surface area contributed by atoms with E-state index in [1.165, 1.54) is 0 Å². The van der Waals surface area contributed by atoms with Gasteiger partial charge in [-0.05, 0) is 13.0 Å². The predicted octanol–water partition coefficient (Wildman–Crippen LogP) is 3.49. The maximum Gasteiger partial charge on any atom is 0.237 e. The van der Waals surface area contributed by atoms with Crippen molar-refractivity contribution in [3.05, 3.63) is 66.6 Å². The lowest BCUT2D eigenvalue weighted by molar-refractivity contribution is -0.118. The quantitative estimate of drug-likeness (QED) is 0.601. The zero-order valence-corrected chi connectivity index (χ0v) is 13.9. The SMILES string of the molecule is Cc1c(-c2[nH]cnc2-c2ccccc2)c2ccccc2n1CC(N)=O. The molecule has 0 aliphatic rings. The van der Waals surface area contributed by atoms with E-state index in [9.17, 15) is 4.79 Å². The van der Waals surface area contributed by atoms with Gasteiger partial charge in [-0.2, -0.15) is 0 Å². The van der Waals surface area contributed by atoms with Crippen molar-refractivity contribution >= 4 is 16.8 Å². The normalized spacial score (nSPS) is 11.1. The first-order chi connectivity index (χ1) is 12.2. The Hall–Kier alpha value is -3.34. The van der Waals surface area contributed by atoms with E-state index in [0.717, 1.165) is 39.1 Å². The predicted molar refractivity (Wildman–Crippen MR) is 98.9 cm³/mol. The van der Waals surface area contributed by atoms with Crippen LogP contribution in [-0.4, -0.2) is 20.4 Å². The van der Waals surface area contributed by atoms with E-state index in [4.69, 9.17) is 5.73 Å². The number of H-pyrrole nitrogens is 1. The maximum absolute atomic E-state index is 11.5. The van der Waals surface area contributed by atoms with Crippen molar-refractivity contribution in [3.63, 3.8) is 0 Å². The van der Waals surface area contributed by atoms with Crippen LogP contribution in [0.15, 0.2) is 60.9 Å². The Morgan fingerprint density at radius 3 is 2.60 bits per heavy atom. The average molecular weight is 330 g/mol. The van der Waals surface area contributed by atoms with Gasteiger partial charge in [0.2, 0.25) is 5.91 Å². The van der Waals surface area contributed by atoms with Gasteiger partial charge in [-0.25, -0.2) is 4.98 Å². The largest absolute Gasteiger partial charge is 0.368 e. The van der Waals surface area contributed by atoms with Crippen molar-refractivity contribution in [1.29, 1.82) is 0 Å². The lowest BCUT2D eigenvalue weighted by atomic mass is 10.0. The van der Waals surface area contributed by atoms with Gasteiger partial charge in [0.05, 0.1) is 17.7 Å². The fraction of sp³-hybridized carbons (Fsp3) is 0.100. The van der Waals surface area contributed by atoms with Crippen LogP contribution in [0.25, 0.3) is 33.4 Å². The third-order valence-corrected chi connectivity index (χ3v) is 4.48. The van der Waals surface area contributed by atoms with Crippen LogP contribution in [-0.2, 0) is 11.3 Å². The van der Waals surface area contributed by atoms with Crippen LogP contribution >= 0.6 is 0 Å². The Morgan fingerprint density at radius 1 is 1.12 bits per heavy atom. The number of rotatable bonds is 4. The molecule has 0 saturated carbocycles. The molecule has 0 spiro atoms. The standard InChI is InChI=1S/C20H18N4O/c1-13-18(15-9-5-6-10-16(15)24(13)11-17(21)25)20-19(22-12-23-20)14-7-3-2-4-8-14/h2-10,12H,11H2,1H3,(H2,21,25)(H,22,23). The Kier molecular flexibility index (Phi) is 3.61. The second-order valence-corrected chi connectivity index (χ2v) is 6.02.